The third-order valence-corrected chi connectivity index (χ3v) is 3.85. The minimum Gasteiger partial charge on any atom is -0.398 e. The number of fused-ring (bicyclic) bond motifs is 3. The zero-order chi connectivity index (χ0) is 11.3. The molecule has 0 saturated heterocycles. The van der Waals surface area contributed by atoms with Crippen molar-refractivity contribution in [1.82, 2.24) is 4.98 Å². The maximum Gasteiger partial charge on any atom is 0.283 e. The molecule has 0 spiro atoms. The van der Waals surface area contributed by atoms with Crippen LogP contribution in [0.3, 0.4) is 0 Å². The van der Waals surface area contributed by atoms with Crippen molar-refractivity contribution >= 4 is 32.8 Å². The molecule has 1 aromatic heterocycles. The van der Waals surface area contributed by atoms with E-state index in [-0.39, 0.29) is 4.90 Å². The summed E-state index contributed by atoms with van der Waals surface area (Å²) in [6, 6.07) is 4.99. The van der Waals surface area contributed by atoms with Crippen molar-refractivity contribution in [3.8, 4) is 0 Å². The quantitative estimate of drug-likeness (QED) is 0.733. The Morgan fingerprint density at radius 2 is 2.00 bits per heavy atom. The van der Waals surface area contributed by atoms with Crippen LogP contribution in [0.5, 0.6) is 0 Å². The van der Waals surface area contributed by atoms with Crippen molar-refractivity contribution in [2.45, 2.75) is 4.90 Å². The summed E-state index contributed by atoms with van der Waals surface area (Å²) in [4.78, 5) is 4.25. The molecule has 1 aliphatic heterocycles. The Morgan fingerprint density at radius 3 is 2.81 bits per heavy atom. The normalized spacial score (nSPS) is 16.5. The molecule has 3 rings (SSSR count). The summed E-state index contributed by atoms with van der Waals surface area (Å²) in [6.45, 7) is 0. The van der Waals surface area contributed by atoms with Gasteiger partial charge < -0.3 is 5.73 Å². The van der Waals surface area contributed by atoms with Crippen LogP contribution in [0, 0.1) is 0 Å². The number of sulfonamides is 1. The predicted molar refractivity (Wildman–Crippen MR) is 60.9 cm³/mol. The van der Waals surface area contributed by atoms with Gasteiger partial charge in [-0.2, -0.15) is 12.8 Å². The fraction of sp³-hybridized carbons (Fsp3) is 0. The van der Waals surface area contributed by atoms with Gasteiger partial charge in [-0.25, -0.2) is 0 Å². The van der Waals surface area contributed by atoms with Gasteiger partial charge in [0.15, 0.2) is 0 Å². The highest BCUT2D eigenvalue weighted by Crippen LogP contribution is 2.33. The van der Waals surface area contributed by atoms with Crippen LogP contribution in [0.2, 0.25) is 0 Å². The minimum absolute atomic E-state index is 0.163. The van der Waals surface area contributed by atoms with E-state index in [4.69, 9.17) is 5.73 Å². The van der Waals surface area contributed by atoms with Crippen LogP contribution in [-0.2, 0) is 10.0 Å². The molecular weight excluding hydrogens is 226 g/mol. The molecule has 2 heterocycles. The first-order valence-corrected chi connectivity index (χ1v) is 6.01. The number of rotatable bonds is 0. The third-order valence-electron chi connectivity index (χ3n) is 2.51. The molecular formula is C10H7N3O2S. The van der Waals surface area contributed by atoms with E-state index < -0.39 is 10.0 Å². The maximum atomic E-state index is 11.7. The van der Waals surface area contributed by atoms with Crippen molar-refractivity contribution in [3.63, 3.8) is 0 Å². The van der Waals surface area contributed by atoms with E-state index >= 15 is 0 Å². The number of hydrogen-bond acceptors (Lipinski definition) is 4. The number of aromatic nitrogens is 1. The lowest BCUT2D eigenvalue weighted by Crippen LogP contribution is -1.99. The summed E-state index contributed by atoms with van der Waals surface area (Å²) in [5, 5.41) is 0.456. The first kappa shape index (κ1) is 9.29. The predicted octanol–water partition coefficient (Wildman–Crippen LogP) is 0.938. The first-order chi connectivity index (χ1) is 7.59. The Hall–Kier alpha value is -1.95. The van der Waals surface area contributed by atoms with Crippen LogP contribution < -0.4 is 5.73 Å². The molecule has 0 amide bonds. The van der Waals surface area contributed by atoms with E-state index in [0.29, 0.717) is 22.2 Å². The highest BCUT2D eigenvalue weighted by Gasteiger charge is 2.26. The fourth-order valence-corrected chi connectivity index (χ4v) is 3.07. The summed E-state index contributed by atoms with van der Waals surface area (Å²) in [5.41, 5.74) is 7.31. The molecule has 80 valence electrons. The number of hydrogen-bond donors (Lipinski definition) is 1. The number of pyridine rings is 1. The van der Waals surface area contributed by atoms with E-state index in [1.807, 2.05) is 0 Å². The fourth-order valence-electron chi connectivity index (χ4n) is 1.81. The second-order valence-corrected chi connectivity index (χ2v) is 5.06. The average molecular weight is 233 g/mol. The van der Waals surface area contributed by atoms with E-state index in [9.17, 15) is 8.42 Å². The number of anilines is 1. The van der Waals surface area contributed by atoms with Gasteiger partial charge in [-0.05, 0) is 18.2 Å². The molecule has 0 unspecified atom stereocenters. The highest BCUT2D eigenvalue weighted by atomic mass is 32.2. The Morgan fingerprint density at radius 1 is 1.19 bits per heavy atom. The minimum atomic E-state index is -3.61. The average Bonchev–Trinajstić information content (AvgIpc) is 2.55. The smallest absolute Gasteiger partial charge is 0.283 e. The second-order valence-electron chi connectivity index (χ2n) is 3.49. The zero-order valence-electron chi connectivity index (χ0n) is 8.08. The van der Waals surface area contributed by atoms with Crippen molar-refractivity contribution in [2.75, 3.05) is 5.73 Å². The van der Waals surface area contributed by atoms with Crippen LogP contribution in [0.25, 0.3) is 10.9 Å². The Kier molecular flexibility index (Phi) is 1.62. The number of nitrogen functional groups attached to an aromatic ring is 1. The molecule has 0 aliphatic carbocycles. The molecule has 0 fully saturated rings. The molecule has 0 radical (unpaired) electrons. The molecule has 2 aromatic rings. The highest BCUT2D eigenvalue weighted by molar-refractivity contribution is 7.91. The van der Waals surface area contributed by atoms with Gasteiger partial charge >= 0.3 is 0 Å². The third kappa shape index (κ3) is 1.07. The lowest BCUT2D eigenvalue weighted by Gasteiger charge is -2.05. The monoisotopic (exact) mass is 233 g/mol. The molecule has 0 saturated carbocycles. The largest absolute Gasteiger partial charge is 0.398 e. The van der Waals surface area contributed by atoms with Crippen LogP contribution in [0.1, 0.15) is 5.56 Å². The Bertz CT molecular complexity index is 735. The van der Waals surface area contributed by atoms with Crippen LogP contribution >= 0.6 is 0 Å². The number of nitrogens with zero attached hydrogens (tertiary/aromatic N) is 2. The molecule has 2 N–H and O–H groups in total. The van der Waals surface area contributed by atoms with Gasteiger partial charge in [0, 0.05) is 29.0 Å². The topological polar surface area (TPSA) is 85.4 Å². The molecule has 16 heavy (non-hydrogen) atoms. The van der Waals surface area contributed by atoms with Crippen LogP contribution in [0.15, 0.2) is 33.7 Å². The van der Waals surface area contributed by atoms with Gasteiger partial charge in [0.25, 0.3) is 10.0 Å². The molecule has 1 aliphatic rings. The Balaban J connectivity index is 2.61. The number of benzene rings is 1. The van der Waals surface area contributed by atoms with Gasteiger partial charge in [-0.3, -0.25) is 4.98 Å². The lowest BCUT2D eigenvalue weighted by molar-refractivity contribution is 0.600. The van der Waals surface area contributed by atoms with Gasteiger partial charge in [-0.1, -0.05) is 0 Å². The van der Waals surface area contributed by atoms with Crippen molar-refractivity contribution in [3.05, 3.63) is 30.0 Å². The van der Waals surface area contributed by atoms with E-state index in [1.165, 1.54) is 6.21 Å². The van der Waals surface area contributed by atoms with Crippen molar-refractivity contribution in [2.24, 2.45) is 4.40 Å². The summed E-state index contributed by atoms with van der Waals surface area (Å²) in [6.07, 6.45) is 2.88. The molecule has 6 heteroatoms. The van der Waals surface area contributed by atoms with Crippen molar-refractivity contribution in [1.29, 1.82) is 0 Å². The second kappa shape index (κ2) is 2.79. The zero-order valence-corrected chi connectivity index (χ0v) is 8.90. The standard InChI is InChI=1S/C10H7N3O2S/c11-7-3-4-12-8-2-1-6-5-13-16(14,15)10(6)9(7)8/h1-5H,(H2,11,12). The van der Waals surface area contributed by atoms with Gasteiger partial charge in [-0.15, -0.1) is 0 Å². The molecule has 0 bridgehead atoms. The van der Waals surface area contributed by atoms with E-state index in [1.54, 1.807) is 24.4 Å². The summed E-state index contributed by atoms with van der Waals surface area (Å²) in [7, 11) is -3.61. The van der Waals surface area contributed by atoms with Gasteiger partial charge in [0.05, 0.1) is 5.52 Å². The molecule has 0 atom stereocenters. The first-order valence-electron chi connectivity index (χ1n) is 4.57. The van der Waals surface area contributed by atoms with Crippen molar-refractivity contribution < 1.29 is 8.42 Å². The Labute approximate surface area is 91.7 Å². The lowest BCUT2D eigenvalue weighted by atomic mass is 10.1. The summed E-state index contributed by atoms with van der Waals surface area (Å²) in [5.74, 6) is 0. The van der Waals surface area contributed by atoms with E-state index in [0.717, 1.165) is 0 Å². The maximum absolute atomic E-state index is 11.7. The SMILES string of the molecule is Nc1ccnc2ccc3c(c12)S(=O)(=O)N=C3. The summed E-state index contributed by atoms with van der Waals surface area (Å²) < 4.78 is 27.0. The molecule has 1 aromatic carbocycles. The van der Waals surface area contributed by atoms with Gasteiger partial charge in [0.1, 0.15) is 4.90 Å². The number of nitrogens with two attached hydrogens (primary N) is 1. The molecule has 5 nitrogen and oxygen atoms in total. The van der Waals surface area contributed by atoms with Crippen LogP contribution in [0.4, 0.5) is 5.69 Å². The summed E-state index contributed by atoms with van der Waals surface area (Å²) >= 11 is 0. The van der Waals surface area contributed by atoms with E-state index in [2.05, 4.69) is 9.38 Å². The van der Waals surface area contributed by atoms with Gasteiger partial charge in [0.2, 0.25) is 0 Å². The van der Waals surface area contributed by atoms with Crippen LogP contribution in [-0.4, -0.2) is 19.6 Å².